The Hall–Kier alpha value is -4.86. The summed E-state index contributed by atoms with van der Waals surface area (Å²) in [6.45, 7) is 0.433. The molecule has 3 N–H and O–H groups in total. The van der Waals surface area contributed by atoms with Crippen molar-refractivity contribution in [2.24, 2.45) is 5.73 Å². The number of nitrogens with zero attached hydrogens (tertiary/aromatic N) is 3. The molecule has 4 aromatic rings. The van der Waals surface area contributed by atoms with Crippen molar-refractivity contribution in [2.75, 3.05) is 13.4 Å². The highest BCUT2D eigenvalue weighted by molar-refractivity contribution is 5.86. The second kappa shape index (κ2) is 11.5. The van der Waals surface area contributed by atoms with Crippen molar-refractivity contribution in [3.8, 4) is 34.3 Å². The van der Waals surface area contributed by atoms with Crippen molar-refractivity contribution in [1.82, 2.24) is 20.1 Å². The van der Waals surface area contributed by atoms with E-state index in [1.165, 1.54) is 0 Å². The topological polar surface area (TPSA) is 131 Å². The van der Waals surface area contributed by atoms with Gasteiger partial charge in [0.05, 0.1) is 18.0 Å². The first-order chi connectivity index (χ1) is 18.6. The lowest BCUT2D eigenvalue weighted by Gasteiger charge is -2.16. The number of nitrogens with one attached hydrogen (secondary N) is 1. The van der Waals surface area contributed by atoms with E-state index in [2.05, 4.69) is 10.3 Å². The van der Waals surface area contributed by atoms with Gasteiger partial charge in [0.15, 0.2) is 11.5 Å². The summed E-state index contributed by atoms with van der Waals surface area (Å²) in [4.78, 5) is 28.6. The minimum absolute atomic E-state index is 0.173. The third-order valence-corrected chi connectivity index (χ3v) is 5.99. The summed E-state index contributed by atoms with van der Waals surface area (Å²) >= 11 is 0. The van der Waals surface area contributed by atoms with Gasteiger partial charge in [0, 0.05) is 42.9 Å². The first kappa shape index (κ1) is 24.8. The van der Waals surface area contributed by atoms with Crippen LogP contribution >= 0.6 is 0 Å². The largest absolute Gasteiger partial charge is 0.478 e. The minimum atomic E-state index is -0.778. The molecule has 0 aliphatic carbocycles. The number of ether oxygens (including phenoxy) is 3. The van der Waals surface area contributed by atoms with E-state index in [-0.39, 0.29) is 25.7 Å². The molecule has 10 nitrogen and oxygen atoms in total. The molecule has 0 saturated carbocycles. The molecule has 1 aliphatic rings. The lowest BCUT2D eigenvalue weighted by atomic mass is 10.1. The molecule has 0 fully saturated rings. The number of aromatic nitrogens is 3. The molecule has 0 bridgehead atoms. The Morgan fingerprint density at radius 1 is 1.05 bits per heavy atom. The summed E-state index contributed by atoms with van der Waals surface area (Å²) in [5, 5.41) is 7.44. The van der Waals surface area contributed by atoms with Gasteiger partial charge in [0.25, 0.3) is 0 Å². The van der Waals surface area contributed by atoms with Crippen LogP contribution in [0.1, 0.15) is 18.4 Å². The lowest BCUT2D eigenvalue weighted by molar-refractivity contribution is -0.127. The normalized spacial score (nSPS) is 12.6. The third-order valence-electron chi connectivity index (χ3n) is 5.99. The number of primary amides is 1. The van der Waals surface area contributed by atoms with Crippen LogP contribution in [-0.2, 0) is 16.0 Å². The molecule has 1 atom stereocenters. The summed E-state index contributed by atoms with van der Waals surface area (Å²) in [7, 11) is 0. The summed E-state index contributed by atoms with van der Waals surface area (Å²) in [5.41, 5.74) is 8.70. The Morgan fingerprint density at radius 2 is 1.89 bits per heavy atom. The van der Waals surface area contributed by atoms with Crippen molar-refractivity contribution in [3.63, 3.8) is 0 Å². The number of hydrogen-bond donors (Lipinski definition) is 2. The molecule has 0 radical (unpaired) electrons. The third kappa shape index (κ3) is 5.92. The van der Waals surface area contributed by atoms with Crippen LogP contribution in [0.5, 0.6) is 17.4 Å². The van der Waals surface area contributed by atoms with Crippen molar-refractivity contribution < 1.29 is 23.8 Å². The first-order valence-electron chi connectivity index (χ1n) is 12.2. The van der Waals surface area contributed by atoms with Crippen molar-refractivity contribution in [1.29, 1.82) is 0 Å². The highest BCUT2D eigenvalue weighted by Crippen LogP contribution is 2.35. The van der Waals surface area contributed by atoms with E-state index in [0.717, 1.165) is 16.8 Å². The fourth-order valence-electron chi connectivity index (χ4n) is 4.07. The van der Waals surface area contributed by atoms with Gasteiger partial charge in [-0.3, -0.25) is 14.6 Å². The maximum absolute atomic E-state index is 12.5. The number of carbonyl (C=O) groups excluding carboxylic acids is 2. The van der Waals surface area contributed by atoms with Gasteiger partial charge in [-0.2, -0.15) is 5.10 Å². The average Bonchev–Trinajstić information content (AvgIpc) is 3.58. The van der Waals surface area contributed by atoms with Crippen LogP contribution in [0, 0.1) is 0 Å². The van der Waals surface area contributed by atoms with E-state index in [4.69, 9.17) is 25.0 Å². The molecule has 194 valence electrons. The Bertz CT molecular complexity index is 1410. The molecule has 38 heavy (non-hydrogen) atoms. The minimum Gasteiger partial charge on any atom is -0.478 e. The van der Waals surface area contributed by atoms with Crippen LogP contribution in [0.2, 0.25) is 0 Å². The van der Waals surface area contributed by atoms with Crippen LogP contribution < -0.4 is 25.3 Å². The monoisotopic (exact) mass is 513 g/mol. The van der Waals surface area contributed by atoms with E-state index in [9.17, 15) is 9.59 Å². The molecule has 1 aliphatic heterocycles. The van der Waals surface area contributed by atoms with Crippen molar-refractivity contribution in [2.45, 2.75) is 25.3 Å². The first-order valence-corrected chi connectivity index (χ1v) is 12.2. The van der Waals surface area contributed by atoms with E-state index in [0.29, 0.717) is 35.9 Å². The summed E-state index contributed by atoms with van der Waals surface area (Å²) in [6.07, 6.45) is 4.36. The number of amides is 2. The van der Waals surface area contributed by atoms with Gasteiger partial charge >= 0.3 is 0 Å². The van der Waals surface area contributed by atoms with Crippen LogP contribution in [0.15, 0.2) is 79.1 Å². The molecular weight excluding hydrogens is 486 g/mol. The smallest absolute Gasteiger partial charge is 0.240 e. The zero-order valence-corrected chi connectivity index (χ0v) is 20.6. The lowest BCUT2D eigenvalue weighted by Crippen LogP contribution is -2.45. The fraction of sp³-hybridized carbons (Fsp3) is 0.214. The summed E-state index contributed by atoms with van der Waals surface area (Å²) in [6, 6.07) is 19.7. The number of pyridine rings is 1. The maximum atomic E-state index is 12.5. The van der Waals surface area contributed by atoms with Crippen LogP contribution in [0.3, 0.4) is 0 Å². The Kier molecular flexibility index (Phi) is 7.49. The van der Waals surface area contributed by atoms with E-state index < -0.39 is 11.9 Å². The molecule has 0 spiro atoms. The average molecular weight is 514 g/mol. The van der Waals surface area contributed by atoms with Crippen LogP contribution in [0.25, 0.3) is 16.9 Å². The van der Waals surface area contributed by atoms with Gasteiger partial charge in [-0.25, -0.2) is 4.68 Å². The molecule has 10 heteroatoms. The maximum Gasteiger partial charge on any atom is 0.240 e. The van der Waals surface area contributed by atoms with Gasteiger partial charge in [0.2, 0.25) is 24.5 Å². The zero-order valence-electron chi connectivity index (χ0n) is 20.6. The molecular formula is C28H27N5O5. The summed E-state index contributed by atoms with van der Waals surface area (Å²) in [5.74, 6) is 0.955. The highest BCUT2D eigenvalue weighted by atomic mass is 16.7. The summed E-state index contributed by atoms with van der Waals surface area (Å²) < 4.78 is 18.6. The van der Waals surface area contributed by atoms with Gasteiger partial charge in [-0.1, -0.05) is 30.3 Å². The SMILES string of the molecule is NC(=O)[C@H](Cc1ccccc1)NC(=O)CCCOc1cc(-c2cccnc2)nn1-c1ccc2c(c1)OCO2. The van der Waals surface area contributed by atoms with Gasteiger partial charge < -0.3 is 25.3 Å². The number of nitrogens with two attached hydrogens (primary N) is 1. The predicted octanol–water partition coefficient (Wildman–Crippen LogP) is 3.03. The molecule has 0 unspecified atom stereocenters. The quantitative estimate of drug-likeness (QED) is 0.295. The Balaban J connectivity index is 1.23. The van der Waals surface area contributed by atoms with Crippen LogP contribution in [-0.4, -0.2) is 46.0 Å². The number of benzene rings is 2. The Morgan fingerprint density at radius 3 is 2.68 bits per heavy atom. The fourth-order valence-corrected chi connectivity index (χ4v) is 4.07. The van der Waals surface area contributed by atoms with Gasteiger partial charge in [0.1, 0.15) is 6.04 Å². The zero-order chi connectivity index (χ0) is 26.3. The molecule has 2 aromatic heterocycles. The standard InChI is InChI=1S/C28H27N5O5/c29-28(35)23(14-19-6-2-1-3-7-19)31-26(34)9-5-13-36-27-16-22(20-8-4-12-30-17-20)32-33(27)21-10-11-24-25(15-21)38-18-37-24/h1-4,6-8,10-12,15-17,23H,5,9,13-14,18H2,(H2,29,35)(H,31,34)/t23-/m0/s1. The Labute approximate surface area is 219 Å². The highest BCUT2D eigenvalue weighted by Gasteiger charge is 2.20. The molecule has 5 rings (SSSR count). The van der Waals surface area contributed by atoms with Crippen LogP contribution in [0.4, 0.5) is 0 Å². The van der Waals surface area contributed by atoms with Crippen molar-refractivity contribution in [3.05, 3.63) is 84.7 Å². The predicted molar refractivity (Wildman–Crippen MR) is 139 cm³/mol. The molecule has 0 saturated heterocycles. The number of hydrogen-bond acceptors (Lipinski definition) is 7. The number of rotatable bonds is 11. The second-order valence-electron chi connectivity index (χ2n) is 8.72. The van der Waals surface area contributed by atoms with E-state index >= 15 is 0 Å². The van der Waals surface area contributed by atoms with Gasteiger partial charge in [-0.05, 0) is 36.2 Å². The molecule has 2 amide bonds. The van der Waals surface area contributed by atoms with Gasteiger partial charge in [-0.15, -0.1) is 0 Å². The number of fused-ring (bicyclic) bond motifs is 1. The second-order valence-corrected chi connectivity index (χ2v) is 8.72. The molecule has 2 aromatic carbocycles. The van der Waals surface area contributed by atoms with E-state index in [1.54, 1.807) is 17.1 Å². The van der Waals surface area contributed by atoms with Crippen molar-refractivity contribution >= 4 is 11.8 Å². The molecule has 3 heterocycles. The van der Waals surface area contributed by atoms with E-state index in [1.807, 2.05) is 66.7 Å². The number of carbonyl (C=O) groups is 2.